The first-order chi connectivity index (χ1) is 9.66. The summed E-state index contributed by atoms with van der Waals surface area (Å²) in [6.07, 6.45) is 6.73. The summed E-state index contributed by atoms with van der Waals surface area (Å²) >= 11 is 0. The van der Waals surface area contributed by atoms with Crippen LogP contribution in [0.2, 0.25) is 0 Å². The molecule has 1 aromatic rings. The highest BCUT2D eigenvalue weighted by atomic mass is 16.5. The van der Waals surface area contributed by atoms with Crippen LogP contribution in [-0.2, 0) is 5.60 Å². The maximum Gasteiger partial charge on any atom is 0.125 e. The second-order valence-corrected chi connectivity index (χ2v) is 6.29. The molecule has 0 bridgehead atoms. The first-order valence-corrected chi connectivity index (χ1v) is 7.61. The number of hydrogen-bond donors (Lipinski definition) is 1. The lowest BCUT2D eigenvalue weighted by Crippen LogP contribution is -2.33. The van der Waals surface area contributed by atoms with Crippen molar-refractivity contribution in [1.29, 1.82) is 0 Å². The highest BCUT2D eigenvalue weighted by Gasteiger charge is 2.43. The van der Waals surface area contributed by atoms with E-state index in [1.165, 1.54) is 19.3 Å². The zero-order valence-corrected chi connectivity index (χ0v) is 12.4. The molecule has 2 aliphatic carbocycles. The lowest BCUT2D eigenvalue weighted by Gasteiger charge is -2.38. The van der Waals surface area contributed by atoms with Crippen LogP contribution in [0.3, 0.4) is 0 Å². The Kier molecular flexibility index (Phi) is 3.63. The van der Waals surface area contributed by atoms with Crippen LogP contribution in [0.5, 0.6) is 11.5 Å². The Labute approximate surface area is 120 Å². The number of ether oxygens (including phenoxy) is 2. The second kappa shape index (κ2) is 5.28. The average Bonchev–Trinajstić information content (AvgIpc) is 3.31. The molecule has 0 saturated heterocycles. The van der Waals surface area contributed by atoms with Gasteiger partial charge in [0.25, 0.3) is 0 Å². The van der Waals surface area contributed by atoms with Crippen LogP contribution >= 0.6 is 0 Å². The molecule has 2 unspecified atom stereocenters. The van der Waals surface area contributed by atoms with Crippen LogP contribution in [0.25, 0.3) is 0 Å². The molecule has 0 aliphatic heterocycles. The van der Waals surface area contributed by atoms with Gasteiger partial charge in [-0.1, -0.05) is 0 Å². The van der Waals surface area contributed by atoms with Crippen LogP contribution in [0.15, 0.2) is 18.2 Å². The molecule has 2 atom stereocenters. The van der Waals surface area contributed by atoms with Crippen LogP contribution in [0.1, 0.15) is 44.1 Å². The fraction of sp³-hybridized carbons (Fsp3) is 0.647. The minimum atomic E-state index is -0.759. The molecule has 1 N–H and O–H groups in total. The molecule has 20 heavy (non-hydrogen) atoms. The Morgan fingerprint density at radius 1 is 1.10 bits per heavy atom. The molecule has 0 radical (unpaired) electrons. The smallest absolute Gasteiger partial charge is 0.125 e. The number of rotatable bonds is 4. The van der Waals surface area contributed by atoms with Gasteiger partial charge in [-0.05, 0) is 68.6 Å². The van der Waals surface area contributed by atoms with E-state index in [-0.39, 0.29) is 0 Å². The number of methoxy groups -OCH3 is 2. The van der Waals surface area contributed by atoms with E-state index in [4.69, 9.17) is 9.47 Å². The Bertz CT molecular complexity index is 481. The summed E-state index contributed by atoms with van der Waals surface area (Å²) in [4.78, 5) is 0. The number of aliphatic hydroxyl groups is 1. The third-order valence-electron chi connectivity index (χ3n) is 4.96. The molecule has 0 amide bonds. The zero-order valence-electron chi connectivity index (χ0n) is 12.4. The van der Waals surface area contributed by atoms with E-state index in [1.807, 2.05) is 18.2 Å². The van der Waals surface area contributed by atoms with Crippen molar-refractivity contribution in [2.24, 2.45) is 11.8 Å². The minimum absolute atomic E-state index is 0.671. The maximum atomic E-state index is 11.2. The third-order valence-corrected chi connectivity index (χ3v) is 4.96. The van der Waals surface area contributed by atoms with Crippen molar-refractivity contribution in [2.75, 3.05) is 14.2 Å². The normalized spacial score (nSPS) is 30.1. The Morgan fingerprint density at radius 3 is 2.55 bits per heavy atom. The SMILES string of the molecule is COc1ccc(OC)c(C2(O)CCCC(C3CC3)C2)c1. The zero-order chi connectivity index (χ0) is 14.2. The molecule has 1 aromatic carbocycles. The summed E-state index contributed by atoms with van der Waals surface area (Å²) in [6.45, 7) is 0. The van der Waals surface area contributed by atoms with Gasteiger partial charge in [-0.25, -0.2) is 0 Å². The fourth-order valence-electron chi connectivity index (χ4n) is 3.69. The Hall–Kier alpha value is -1.22. The minimum Gasteiger partial charge on any atom is -0.497 e. The highest BCUT2D eigenvalue weighted by molar-refractivity contribution is 5.44. The summed E-state index contributed by atoms with van der Waals surface area (Å²) in [6, 6.07) is 5.72. The van der Waals surface area contributed by atoms with E-state index in [0.29, 0.717) is 5.92 Å². The summed E-state index contributed by atoms with van der Waals surface area (Å²) in [7, 11) is 3.32. The van der Waals surface area contributed by atoms with E-state index < -0.39 is 5.60 Å². The molecular weight excluding hydrogens is 252 g/mol. The average molecular weight is 276 g/mol. The van der Waals surface area contributed by atoms with Gasteiger partial charge in [0.05, 0.1) is 19.8 Å². The number of hydrogen-bond acceptors (Lipinski definition) is 3. The van der Waals surface area contributed by atoms with Crippen LogP contribution in [0, 0.1) is 11.8 Å². The van der Waals surface area contributed by atoms with E-state index >= 15 is 0 Å². The van der Waals surface area contributed by atoms with Crippen molar-refractivity contribution in [3.8, 4) is 11.5 Å². The second-order valence-electron chi connectivity index (χ2n) is 6.29. The van der Waals surface area contributed by atoms with E-state index in [2.05, 4.69) is 0 Å². The molecular formula is C17H24O3. The molecule has 2 fully saturated rings. The highest BCUT2D eigenvalue weighted by Crippen LogP contribution is 2.51. The molecule has 3 nitrogen and oxygen atoms in total. The van der Waals surface area contributed by atoms with Crippen molar-refractivity contribution >= 4 is 0 Å². The first kappa shape index (κ1) is 13.7. The van der Waals surface area contributed by atoms with Gasteiger partial charge < -0.3 is 14.6 Å². The lowest BCUT2D eigenvalue weighted by atomic mass is 9.72. The molecule has 2 aliphatic rings. The van der Waals surface area contributed by atoms with Gasteiger partial charge in [0, 0.05) is 5.56 Å². The summed E-state index contributed by atoms with van der Waals surface area (Å²) < 4.78 is 10.8. The van der Waals surface area contributed by atoms with E-state index in [1.54, 1.807) is 14.2 Å². The van der Waals surface area contributed by atoms with Crippen molar-refractivity contribution in [2.45, 2.75) is 44.1 Å². The van der Waals surface area contributed by atoms with Gasteiger partial charge in [-0.15, -0.1) is 0 Å². The quantitative estimate of drug-likeness (QED) is 0.915. The van der Waals surface area contributed by atoms with Gasteiger partial charge in [0.1, 0.15) is 11.5 Å². The first-order valence-electron chi connectivity index (χ1n) is 7.61. The predicted molar refractivity (Wildman–Crippen MR) is 78.1 cm³/mol. The van der Waals surface area contributed by atoms with Crippen molar-refractivity contribution in [3.05, 3.63) is 23.8 Å². The number of benzene rings is 1. The van der Waals surface area contributed by atoms with Crippen molar-refractivity contribution < 1.29 is 14.6 Å². The summed E-state index contributed by atoms with van der Waals surface area (Å²) in [5.41, 5.74) is 0.135. The molecule has 0 heterocycles. The van der Waals surface area contributed by atoms with Gasteiger partial charge >= 0.3 is 0 Å². The van der Waals surface area contributed by atoms with Gasteiger partial charge in [0.2, 0.25) is 0 Å². The predicted octanol–water partition coefficient (Wildman–Crippen LogP) is 3.49. The monoisotopic (exact) mass is 276 g/mol. The van der Waals surface area contributed by atoms with E-state index in [9.17, 15) is 5.11 Å². The van der Waals surface area contributed by atoms with Gasteiger partial charge in [-0.3, -0.25) is 0 Å². The molecule has 0 spiro atoms. The van der Waals surface area contributed by atoms with Gasteiger partial charge in [0.15, 0.2) is 0 Å². The molecule has 2 saturated carbocycles. The summed E-state index contributed by atoms with van der Waals surface area (Å²) in [5, 5.41) is 11.2. The van der Waals surface area contributed by atoms with Crippen LogP contribution in [-0.4, -0.2) is 19.3 Å². The standard InChI is InChI=1S/C17H24O3/c1-19-14-7-8-16(20-2)15(10-14)17(18)9-3-4-13(11-17)12-5-6-12/h7-8,10,12-13,18H,3-6,9,11H2,1-2H3. The van der Waals surface area contributed by atoms with Crippen LogP contribution in [0.4, 0.5) is 0 Å². The Morgan fingerprint density at radius 2 is 1.90 bits per heavy atom. The molecule has 0 aromatic heterocycles. The van der Waals surface area contributed by atoms with Crippen LogP contribution < -0.4 is 9.47 Å². The largest absolute Gasteiger partial charge is 0.497 e. The van der Waals surface area contributed by atoms with Crippen molar-refractivity contribution in [3.63, 3.8) is 0 Å². The fourth-order valence-corrected chi connectivity index (χ4v) is 3.69. The molecule has 110 valence electrons. The maximum absolute atomic E-state index is 11.2. The van der Waals surface area contributed by atoms with Gasteiger partial charge in [-0.2, -0.15) is 0 Å². The third kappa shape index (κ3) is 2.51. The Balaban J connectivity index is 1.92. The summed E-state index contributed by atoms with van der Waals surface area (Å²) in [5.74, 6) is 3.07. The molecule has 3 rings (SSSR count). The topological polar surface area (TPSA) is 38.7 Å². The van der Waals surface area contributed by atoms with E-state index in [0.717, 1.165) is 42.2 Å². The van der Waals surface area contributed by atoms with Crippen molar-refractivity contribution in [1.82, 2.24) is 0 Å². The molecule has 3 heteroatoms. The lowest BCUT2D eigenvalue weighted by molar-refractivity contribution is -0.0269.